The summed E-state index contributed by atoms with van der Waals surface area (Å²) in [5, 5.41) is 16.7. The van der Waals surface area contributed by atoms with Crippen LogP contribution in [0.2, 0.25) is 0 Å². The molecule has 0 amide bonds. The van der Waals surface area contributed by atoms with Crippen molar-refractivity contribution in [1.82, 2.24) is 9.78 Å². The molecule has 106 valence electrons. The van der Waals surface area contributed by atoms with E-state index in [1.807, 2.05) is 0 Å². The molecule has 1 heterocycles. The Morgan fingerprint density at radius 1 is 1.68 bits per heavy atom. The lowest BCUT2D eigenvalue weighted by molar-refractivity contribution is 0.0727. The maximum atomic E-state index is 12.0. The number of nitrogens with zero attached hydrogens (tertiary/aromatic N) is 2. The first-order valence-electron chi connectivity index (χ1n) is 6.28. The van der Waals surface area contributed by atoms with E-state index in [1.165, 1.54) is 24.6 Å². The Morgan fingerprint density at radius 2 is 2.42 bits per heavy atom. The highest BCUT2D eigenvalue weighted by Gasteiger charge is 2.23. The molecule has 1 unspecified atom stereocenters. The third-order valence-electron chi connectivity index (χ3n) is 3.00. The third-order valence-corrected chi connectivity index (χ3v) is 3.77. The molecule has 1 aromatic rings. The van der Waals surface area contributed by atoms with Gasteiger partial charge in [0.1, 0.15) is 4.47 Å². The number of hydrogen-bond donors (Lipinski definition) is 2. The van der Waals surface area contributed by atoms with Crippen LogP contribution in [-0.2, 0) is 11.3 Å². The number of ether oxygens (including phenoxy) is 1. The molecular formula is C12H18BrN3O3. The van der Waals surface area contributed by atoms with Crippen LogP contribution >= 0.6 is 15.9 Å². The van der Waals surface area contributed by atoms with E-state index >= 15 is 0 Å². The maximum absolute atomic E-state index is 12.0. The van der Waals surface area contributed by atoms with E-state index in [1.54, 1.807) is 6.20 Å². The fourth-order valence-electron chi connectivity index (χ4n) is 1.74. The molecule has 1 fully saturated rings. The molecule has 1 aliphatic rings. The summed E-state index contributed by atoms with van der Waals surface area (Å²) in [5.41, 5.74) is 0.449. The van der Waals surface area contributed by atoms with Gasteiger partial charge in [-0.25, -0.2) is 4.68 Å². The first kappa shape index (κ1) is 14.5. The summed E-state index contributed by atoms with van der Waals surface area (Å²) in [6.07, 6.45) is 3.34. The first-order chi connectivity index (χ1) is 9.11. The van der Waals surface area contributed by atoms with Gasteiger partial charge in [-0.15, -0.1) is 0 Å². The summed E-state index contributed by atoms with van der Waals surface area (Å²) < 4.78 is 6.77. The van der Waals surface area contributed by atoms with Crippen LogP contribution in [0.25, 0.3) is 0 Å². The highest BCUT2D eigenvalue weighted by molar-refractivity contribution is 9.10. The summed E-state index contributed by atoms with van der Waals surface area (Å²) in [6.45, 7) is 1.24. The second-order valence-electron chi connectivity index (χ2n) is 4.79. The van der Waals surface area contributed by atoms with Crippen molar-refractivity contribution >= 4 is 21.6 Å². The SMILES string of the molecule is COCC(O)CNc1cnn(CC2CC2)c(=O)c1Br. The minimum Gasteiger partial charge on any atom is -0.389 e. The van der Waals surface area contributed by atoms with Crippen molar-refractivity contribution < 1.29 is 9.84 Å². The lowest BCUT2D eigenvalue weighted by Crippen LogP contribution is -2.28. The van der Waals surface area contributed by atoms with Crippen LogP contribution in [0.3, 0.4) is 0 Å². The molecule has 1 aliphatic carbocycles. The van der Waals surface area contributed by atoms with Crippen molar-refractivity contribution in [2.45, 2.75) is 25.5 Å². The zero-order valence-corrected chi connectivity index (χ0v) is 12.4. The summed E-state index contributed by atoms with van der Waals surface area (Å²) in [5.74, 6) is 0.597. The van der Waals surface area contributed by atoms with E-state index in [9.17, 15) is 9.90 Å². The second kappa shape index (κ2) is 6.49. The van der Waals surface area contributed by atoms with Gasteiger partial charge in [-0.2, -0.15) is 5.10 Å². The molecule has 1 saturated carbocycles. The Morgan fingerprint density at radius 3 is 3.05 bits per heavy atom. The van der Waals surface area contributed by atoms with Crippen LogP contribution in [0, 0.1) is 5.92 Å². The van der Waals surface area contributed by atoms with Gasteiger partial charge < -0.3 is 15.2 Å². The number of methoxy groups -OCH3 is 1. The standard InChI is InChI=1S/C12H18BrN3O3/c1-19-7-9(17)4-14-10-5-15-16(6-8-2-3-8)12(18)11(10)13/h5,8-9,14,17H,2-4,6-7H2,1H3. The number of aromatic nitrogens is 2. The molecule has 0 aliphatic heterocycles. The van der Waals surface area contributed by atoms with Gasteiger partial charge in [0.25, 0.3) is 5.56 Å². The molecule has 0 aromatic carbocycles. The Kier molecular flexibility index (Phi) is 4.95. The van der Waals surface area contributed by atoms with E-state index in [0.29, 0.717) is 29.2 Å². The van der Waals surface area contributed by atoms with Gasteiger partial charge in [0.15, 0.2) is 0 Å². The number of aliphatic hydroxyl groups is 1. The zero-order valence-electron chi connectivity index (χ0n) is 10.8. The molecule has 2 rings (SSSR count). The molecule has 19 heavy (non-hydrogen) atoms. The van der Waals surface area contributed by atoms with Crippen molar-refractivity contribution in [2.24, 2.45) is 5.92 Å². The number of hydrogen-bond acceptors (Lipinski definition) is 5. The lowest BCUT2D eigenvalue weighted by Gasteiger charge is -2.13. The molecule has 1 atom stereocenters. The van der Waals surface area contributed by atoms with E-state index < -0.39 is 6.10 Å². The van der Waals surface area contributed by atoms with Gasteiger partial charge in [0, 0.05) is 20.2 Å². The predicted molar refractivity (Wildman–Crippen MR) is 75.3 cm³/mol. The number of aliphatic hydroxyl groups excluding tert-OH is 1. The minimum absolute atomic E-state index is 0.141. The van der Waals surface area contributed by atoms with Crippen LogP contribution in [0.1, 0.15) is 12.8 Å². The van der Waals surface area contributed by atoms with E-state index in [-0.39, 0.29) is 12.2 Å². The quantitative estimate of drug-likeness (QED) is 0.774. The van der Waals surface area contributed by atoms with Crippen LogP contribution in [0.4, 0.5) is 5.69 Å². The molecule has 0 bridgehead atoms. The van der Waals surface area contributed by atoms with Crippen molar-refractivity contribution in [3.8, 4) is 0 Å². The summed E-state index contributed by atoms with van der Waals surface area (Å²) in [6, 6.07) is 0. The van der Waals surface area contributed by atoms with Gasteiger partial charge in [0.2, 0.25) is 0 Å². The molecule has 0 saturated heterocycles. The molecule has 2 N–H and O–H groups in total. The van der Waals surface area contributed by atoms with Gasteiger partial charge in [0.05, 0.1) is 24.6 Å². The smallest absolute Gasteiger partial charge is 0.283 e. The molecule has 7 heteroatoms. The fraction of sp³-hybridized carbons (Fsp3) is 0.667. The van der Waals surface area contributed by atoms with Gasteiger partial charge in [-0.1, -0.05) is 0 Å². The largest absolute Gasteiger partial charge is 0.389 e. The Bertz CT molecular complexity index is 488. The average Bonchev–Trinajstić information content (AvgIpc) is 3.18. The van der Waals surface area contributed by atoms with Crippen LogP contribution in [-0.4, -0.2) is 41.3 Å². The predicted octanol–water partition coefficient (Wildman–Crippen LogP) is 0.835. The summed E-state index contributed by atoms with van der Waals surface area (Å²) in [4.78, 5) is 12.0. The first-order valence-corrected chi connectivity index (χ1v) is 7.07. The highest BCUT2D eigenvalue weighted by atomic mass is 79.9. The maximum Gasteiger partial charge on any atom is 0.283 e. The molecule has 0 spiro atoms. The van der Waals surface area contributed by atoms with Crippen molar-refractivity contribution in [3.63, 3.8) is 0 Å². The Balaban J connectivity index is 2.01. The molecular weight excluding hydrogens is 314 g/mol. The van der Waals surface area contributed by atoms with Gasteiger partial charge >= 0.3 is 0 Å². The topological polar surface area (TPSA) is 76.4 Å². The van der Waals surface area contributed by atoms with Crippen LogP contribution in [0.5, 0.6) is 0 Å². The Hall–Kier alpha value is -0.920. The van der Waals surface area contributed by atoms with Crippen molar-refractivity contribution in [1.29, 1.82) is 0 Å². The average molecular weight is 332 g/mol. The monoisotopic (exact) mass is 331 g/mol. The van der Waals surface area contributed by atoms with E-state index in [2.05, 4.69) is 26.3 Å². The number of nitrogens with one attached hydrogen (secondary N) is 1. The van der Waals surface area contributed by atoms with E-state index in [4.69, 9.17) is 4.74 Å². The van der Waals surface area contributed by atoms with Crippen LogP contribution < -0.4 is 10.9 Å². The molecule has 0 radical (unpaired) electrons. The number of anilines is 1. The van der Waals surface area contributed by atoms with Gasteiger partial charge in [-0.3, -0.25) is 4.79 Å². The van der Waals surface area contributed by atoms with Crippen molar-refractivity contribution in [2.75, 3.05) is 25.6 Å². The highest BCUT2D eigenvalue weighted by Crippen LogP contribution is 2.30. The molecule has 6 nitrogen and oxygen atoms in total. The van der Waals surface area contributed by atoms with Gasteiger partial charge in [-0.05, 0) is 34.7 Å². The summed E-state index contributed by atoms with van der Waals surface area (Å²) >= 11 is 3.28. The normalized spacial score (nSPS) is 16.4. The minimum atomic E-state index is -0.620. The van der Waals surface area contributed by atoms with E-state index in [0.717, 1.165) is 0 Å². The number of halogens is 1. The number of rotatable bonds is 7. The second-order valence-corrected chi connectivity index (χ2v) is 5.59. The van der Waals surface area contributed by atoms with Crippen LogP contribution in [0.15, 0.2) is 15.5 Å². The fourth-order valence-corrected chi connectivity index (χ4v) is 2.19. The Labute approximate surface area is 119 Å². The van der Waals surface area contributed by atoms with Crippen molar-refractivity contribution in [3.05, 3.63) is 21.0 Å². The zero-order chi connectivity index (χ0) is 13.8. The lowest BCUT2D eigenvalue weighted by atomic mass is 10.3. The molecule has 1 aromatic heterocycles. The third kappa shape index (κ3) is 4.02. The summed E-state index contributed by atoms with van der Waals surface area (Å²) in [7, 11) is 1.53.